The van der Waals surface area contributed by atoms with Crippen molar-refractivity contribution in [3.05, 3.63) is 59.4 Å². The predicted molar refractivity (Wildman–Crippen MR) is 77.2 cm³/mol. The third-order valence-corrected chi connectivity index (χ3v) is 2.97. The molecule has 1 N–H and O–H groups in total. The lowest BCUT2D eigenvalue weighted by molar-refractivity contribution is 0.102. The number of amides is 1. The maximum atomic E-state index is 13.1. The molecule has 0 aliphatic carbocycles. The second kappa shape index (κ2) is 5.60. The number of carbonyl (C=O) groups is 1. The number of anilines is 1. The Balaban J connectivity index is 2.21. The first-order valence-corrected chi connectivity index (χ1v) is 6.50. The quantitative estimate of drug-likeness (QED) is 0.911. The first-order chi connectivity index (χ1) is 9.77. The average molecular weight is 290 g/mol. The van der Waals surface area contributed by atoms with Crippen LogP contribution in [0.3, 0.4) is 0 Å². The van der Waals surface area contributed by atoms with E-state index in [0.29, 0.717) is 5.69 Å². The van der Waals surface area contributed by atoms with Crippen LogP contribution in [0, 0.1) is 11.6 Å². The highest BCUT2D eigenvalue weighted by molar-refractivity contribution is 6.04. The summed E-state index contributed by atoms with van der Waals surface area (Å²) >= 11 is 0. The molecule has 0 fully saturated rings. The largest absolute Gasteiger partial charge is 0.322 e. The normalized spacial score (nSPS) is 11.3. The van der Waals surface area contributed by atoms with Crippen LogP contribution in [0.1, 0.15) is 36.8 Å². The average Bonchev–Trinajstić information content (AvgIpc) is 2.41. The molecule has 0 bridgehead atoms. The molecule has 1 aromatic heterocycles. The van der Waals surface area contributed by atoms with Gasteiger partial charge in [-0.3, -0.25) is 9.78 Å². The van der Waals surface area contributed by atoms with Crippen molar-refractivity contribution in [2.75, 3.05) is 5.32 Å². The fourth-order valence-electron chi connectivity index (χ4n) is 1.76. The summed E-state index contributed by atoms with van der Waals surface area (Å²) in [6.07, 6.45) is 1.60. The third kappa shape index (κ3) is 3.62. The Morgan fingerprint density at radius 2 is 1.81 bits per heavy atom. The smallest absolute Gasteiger partial charge is 0.255 e. The summed E-state index contributed by atoms with van der Waals surface area (Å²) in [6, 6.07) is 6.44. The van der Waals surface area contributed by atoms with Gasteiger partial charge in [0, 0.05) is 28.6 Å². The van der Waals surface area contributed by atoms with Crippen LogP contribution in [-0.2, 0) is 5.41 Å². The van der Waals surface area contributed by atoms with Crippen LogP contribution in [0.15, 0.2) is 36.5 Å². The number of pyridine rings is 1. The highest BCUT2D eigenvalue weighted by Gasteiger charge is 2.16. The molecule has 1 amide bonds. The van der Waals surface area contributed by atoms with Gasteiger partial charge >= 0.3 is 0 Å². The van der Waals surface area contributed by atoms with Gasteiger partial charge < -0.3 is 5.32 Å². The van der Waals surface area contributed by atoms with Gasteiger partial charge in [-0.25, -0.2) is 8.78 Å². The lowest BCUT2D eigenvalue weighted by Gasteiger charge is -2.18. The summed E-state index contributed by atoms with van der Waals surface area (Å²) in [4.78, 5) is 16.3. The molecule has 0 radical (unpaired) electrons. The zero-order valence-corrected chi connectivity index (χ0v) is 12.1. The zero-order valence-electron chi connectivity index (χ0n) is 12.1. The van der Waals surface area contributed by atoms with E-state index in [2.05, 4.69) is 10.3 Å². The van der Waals surface area contributed by atoms with Gasteiger partial charge in [0.15, 0.2) is 11.6 Å². The monoisotopic (exact) mass is 290 g/mol. The number of benzene rings is 1. The number of aromatic nitrogens is 1. The van der Waals surface area contributed by atoms with Crippen molar-refractivity contribution >= 4 is 11.6 Å². The summed E-state index contributed by atoms with van der Waals surface area (Å²) < 4.78 is 26.0. The fraction of sp³-hybridized carbons (Fsp3) is 0.250. The maximum Gasteiger partial charge on any atom is 0.255 e. The van der Waals surface area contributed by atoms with Crippen LogP contribution in [0.2, 0.25) is 0 Å². The number of halogens is 2. The van der Waals surface area contributed by atoms with Gasteiger partial charge in [0.05, 0.1) is 0 Å². The van der Waals surface area contributed by atoms with E-state index < -0.39 is 17.5 Å². The van der Waals surface area contributed by atoms with Crippen molar-refractivity contribution in [1.82, 2.24) is 4.98 Å². The summed E-state index contributed by atoms with van der Waals surface area (Å²) in [5.41, 5.74) is 1.29. The molecule has 2 rings (SSSR count). The zero-order chi connectivity index (χ0) is 15.6. The number of carbonyl (C=O) groups excluding carboxylic acids is 1. The topological polar surface area (TPSA) is 42.0 Å². The van der Waals surface area contributed by atoms with Gasteiger partial charge in [-0.05, 0) is 30.3 Å². The molecule has 5 heteroatoms. The number of nitrogens with one attached hydrogen (secondary N) is 1. The van der Waals surface area contributed by atoms with Crippen LogP contribution < -0.4 is 5.32 Å². The second-order valence-electron chi connectivity index (χ2n) is 5.76. The Kier molecular flexibility index (Phi) is 4.02. The maximum absolute atomic E-state index is 13.1. The number of hydrogen-bond donors (Lipinski definition) is 1. The van der Waals surface area contributed by atoms with Crippen molar-refractivity contribution in [3.63, 3.8) is 0 Å². The van der Waals surface area contributed by atoms with Gasteiger partial charge in [-0.1, -0.05) is 20.8 Å². The first-order valence-electron chi connectivity index (χ1n) is 6.50. The Morgan fingerprint density at radius 1 is 1.10 bits per heavy atom. The Morgan fingerprint density at radius 3 is 2.43 bits per heavy atom. The molecule has 21 heavy (non-hydrogen) atoms. The second-order valence-corrected chi connectivity index (χ2v) is 5.76. The molecule has 2 aromatic rings. The van der Waals surface area contributed by atoms with Crippen molar-refractivity contribution in [2.24, 2.45) is 0 Å². The molecular formula is C16H16F2N2O. The molecule has 0 unspecified atom stereocenters. The van der Waals surface area contributed by atoms with Gasteiger partial charge in [0.25, 0.3) is 5.91 Å². The van der Waals surface area contributed by atoms with E-state index in [4.69, 9.17) is 0 Å². The van der Waals surface area contributed by atoms with Gasteiger partial charge in [-0.2, -0.15) is 0 Å². The van der Waals surface area contributed by atoms with Crippen molar-refractivity contribution in [1.29, 1.82) is 0 Å². The molecule has 1 heterocycles. The lowest BCUT2D eigenvalue weighted by Crippen LogP contribution is -2.16. The summed E-state index contributed by atoms with van der Waals surface area (Å²) in [5, 5.41) is 2.65. The number of hydrogen-bond acceptors (Lipinski definition) is 2. The minimum Gasteiger partial charge on any atom is -0.322 e. The highest BCUT2D eigenvalue weighted by atomic mass is 19.2. The van der Waals surface area contributed by atoms with Crippen LogP contribution >= 0.6 is 0 Å². The Hall–Kier alpha value is -2.30. The number of rotatable bonds is 2. The van der Waals surface area contributed by atoms with E-state index in [1.54, 1.807) is 18.3 Å². The van der Waals surface area contributed by atoms with Crippen LogP contribution in [0.4, 0.5) is 14.5 Å². The van der Waals surface area contributed by atoms with Crippen LogP contribution in [0.5, 0.6) is 0 Å². The Bertz CT molecular complexity index is 678. The minimum absolute atomic E-state index is 0.0584. The Labute approximate surface area is 122 Å². The molecule has 0 saturated heterocycles. The van der Waals surface area contributed by atoms with Crippen LogP contribution in [0.25, 0.3) is 0 Å². The predicted octanol–water partition coefficient (Wildman–Crippen LogP) is 3.91. The highest BCUT2D eigenvalue weighted by Crippen LogP contribution is 2.22. The lowest BCUT2D eigenvalue weighted by atomic mass is 9.91. The minimum atomic E-state index is -1.05. The molecule has 0 atom stereocenters. The molecule has 3 nitrogen and oxygen atoms in total. The fourth-order valence-corrected chi connectivity index (χ4v) is 1.76. The molecule has 0 aliphatic rings. The SMILES string of the molecule is CC(C)(C)c1cc(NC(=O)c2ccc(F)c(F)c2)ccn1. The van der Waals surface area contributed by atoms with Crippen molar-refractivity contribution < 1.29 is 13.6 Å². The van der Waals surface area contributed by atoms with Gasteiger partial charge in [0.2, 0.25) is 0 Å². The third-order valence-electron chi connectivity index (χ3n) is 2.97. The summed E-state index contributed by atoms with van der Waals surface area (Å²) in [5.74, 6) is -2.53. The molecular weight excluding hydrogens is 274 g/mol. The standard InChI is InChI=1S/C16H16F2N2O/c1-16(2,3)14-9-11(6-7-19-14)20-15(21)10-4-5-12(17)13(18)8-10/h4-9H,1-3H3,(H,19,20,21). The van der Waals surface area contributed by atoms with E-state index in [1.165, 1.54) is 6.07 Å². The van der Waals surface area contributed by atoms with Crippen molar-refractivity contribution in [3.8, 4) is 0 Å². The van der Waals surface area contributed by atoms with Gasteiger partial charge in [0.1, 0.15) is 0 Å². The van der Waals surface area contributed by atoms with Crippen molar-refractivity contribution in [2.45, 2.75) is 26.2 Å². The molecule has 110 valence electrons. The van der Waals surface area contributed by atoms with E-state index in [0.717, 1.165) is 17.8 Å². The van der Waals surface area contributed by atoms with E-state index in [-0.39, 0.29) is 11.0 Å². The summed E-state index contributed by atoms with van der Waals surface area (Å²) in [7, 11) is 0. The molecule has 0 aliphatic heterocycles. The number of nitrogens with zero attached hydrogens (tertiary/aromatic N) is 1. The first kappa shape index (κ1) is 15.1. The van der Waals surface area contributed by atoms with E-state index >= 15 is 0 Å². The molecule has 1 aromatic carbocycles. The van der Waals surface area contributed by atoms with E-state index in [1.807, 2.05) is 20.8 Å². The van der Waals surface area contributed by atoms with Gasteiger partial charge in [-0.15, -0.1) is 0 Å². The van der Waals surface area contributed by atoms with E-state index in [9.17, 15) is 13.6 Å². The molecule has 0 saturated carbocycles. The van der Waals surface area contributed by atoms with Crippen LogP contribution in [-0.4, -0.2) is 10.9 Å². The summed E-state index contributed by atoms with van der Waals surface area (Å²) in [6.45, 7) is 6.03. The molecule has 0 spiro atoms.